The third-order valence-electron chi connectivity index (χ3n) is 4.06. The van der Waals surface area contributed by atoms with Crippen LogP contribution in [0.4, 0.5) is 5.69 Å². The SMILES string of the molecule is Cc1ccc(N2CCC(C)N(C)CC2CO)cc1. The number of rotatable bonds is 2. The zero-order chi connectivity index (χ0) is 13.1. The highest BCUT2D eigenvalue weighted by molar-refractivity contribution is 5.48. The number of aliphatic hydroxyl groups excluding tert-OH is 1. The van der Waals surface area contributed by atoms with Crippen molar-refractivity contribution in [3.8, 4) is 0 Å². The maximum Gasteiger partial charge on any atom is 0.0647 e. The van der Waals surface area contributed by atoms with Crippen LogP contribution in [-0.2, 0) is 0 Å². The average Bonchev–Trinajstić information content (AvgIpc) is 2.51. The van der Waals surface area contributed by atoms with Gasteiger partial charge in [0.2, 0.25) is 0 Å². The number of benzene rings is 1. The third kappa shape index (κ3) is 2.85. The predicted molar refractivity (Wildman–Crippen MR) is 76.1 cm³/mol. The van der Waals surface area contributed by atoms with Gasteiger partial charge in [-0.3, -0.25) is 0 Å². The average molecular weight is 248 g/mol. The summed E-state index contributed by atoms with van der Waals surface area (Å²) in [6.07, 6.45) is 1.14. The van der Waals surface area contributed by atoms with Gasteiger partial charge in [-0.1, -0.05) is 17.7 Å². The molecule has 2 rings (SSSR count). The van der Waals surface area contributed by atoms with Gasteiger partial charge in [-0.05, 0) is 39.4 Å². The molecule has 1 heterocycles. The Morgan fingerprint density at radius 3 is 2.56 bits per heavy atom. The summed E-state index contributed by atoms with van der Waals surface area (Å²) in [5.41, 5.74) is 2.50. The fraction of sp³-hybridized carbons (Fsp3) is 0.600. The number of aliphatic hydroxyl groups is 1. The van der Waals surface area contributed by atoms with Crippen molar-refractivity contribution in [1.82, 2.24) is 4.90 Å². The molecular formula is C15H24N2O. The fourth-order valence-corrected chi connectivity index (χ4v) is 2.57. The standard InChI is InChI=1S/C15H24N2O/c1-12-4-6-14(7-5-12)17-9-8-13(2)16(3)10-15(17)11-18/h4-7,13,15,18H,8-11H2,1-3H3. The summed E-state index contributed by atoms with van der Waals surface area (Å²) < 4.78 is 0. The van der Waals surface area contributed by atoms with Crippen LogP contribution in [0.2, 0.25) is 0 Å². The molecule has 3 heteroatoms. The van der Waals surface area contributed by atoms with Crippen LogP contribution in [0.3, 0.4) is 0 Å². The maximum absolute atomic E-state index is 9.64. The van der Waals surface area contributed by atoms with Crippen LogP contribution in [0.1, 0.15) is 18.9 Å². The van der Waals surface area contributed by atoms with E-state index in [0.29, 0.717) is 6.04 Å². The number of aryl methyl sites for hydroxylation is 1. The van der Waals surface area contributed by atoms with Crippen molar-refractivity contribution in [2.24, 2.45) is 0 Å². The molecule has 2 unspecified atom stereocenters. The van der Waals surface area contributed by atoms with Gasteiger partial charge in [0.05, 0.1) is 12.6 Å². The molecule has 1 aliphatic rings. The monoisotopic (exact) mass is 248 g/mol. The van der Waals surface area contributed by atoms with E-state index in [-0.39, 0.29) is 12.6 Å². The Balaban J connectivity index is 2.21. The molecule has 1 aromatic rings. The molecule has 1 aliphatic heterocycles. The number of hydrogen-bond acceptors (Lipinski definition) is 3. The lowest BCUT2D eigenvalue weighted by molar-refractivity contribution is 0.206. The van der Waals surface area contributed by atoms with Gasteiger partial charge in [-0.25, -0.2) is 0 Å². The Morgan fingerprint density at radius 2 is 1.94 bits per heavy atom. The molecule has 0 amide bonds. The van der Waals surface area contributed by atoms with Crippen molar-refractivity contribution in [2.75, 3.05) is 31.6 Å². The topological polar surface area (TPSA) is 26.7 Å². The van der Waals surface area contributed by atoms with E-state index >= 15 is 0 Å². The lowest BCUT2D eigenvalue weighted by Gasteiger charge is -2.31. The molecule has 0 aliphatic carbocycles. The van der Waals surface area contributed by atoms with E-state index in [1.807, 2.05) is 0 Å². The highest BCUT2D eigenvalue weighted by atomic mass is 16.3. The molecule has 2 atom stereocenters. The molecule has 0 bridgehead atoms. The second-order valence-corrected chi connectivity index (χ2v) is 5.44. The van der Waals surface area contributed by atoms with E-state index in [9.17, 15) is 5.11 Å². The van der Waals surface area contributed by atoms with Crippen LogP contribution in [0.25, 0.3) is 0 Å². The molecule has 0 spiro atoms. The highest BCUT2D eigenvalue weighted by Gasteiger charge is 2.26. The molecule has 0 aromatic heterocycles. The van der Waals surface area contributed by atoms with Gasteiger partial charge in [-0.15, -0.1) is 0 Å². The molecule has 1 N–H and O–H groups in total. The van der Waals surface area contributed by atoms with E-state index in [1.54, 1.807) is 0 Å². The summed E-state index contributed by atoms with van der Waals surface area (Å²) >= 11 is 0. The van der Waals surface area contributed by atoms with Crippen molar-refractivity contribution < 1.29 is 5.11 Å². The van der Waals surface area contributed by atoms with Crippen LogP contribution < -0.4 is 4.90 Å². The van der Waals surface area contributed by atoms with Gasteiger partial charge in [0.15, 0.2) is 0 Å². The van der Waals surface area contributed by atoms with Gasteiger partial charge in [0, 0.05) is 24.8 Å². The molecule has 0 saturated carbocycles. The molecule has 1 fully saturated rings. The Labute approximate surface area is 110 Å². The largest absolute Gasteiger partial charge is 0.394 e. The quantitative estimate of drug-likeness (QED) is 0.866. The van der Waals surface area contributed by atoms with E-state index in [2.05, 4.69) is 55.0 Å². The Hall–Kier alpha value is -1.06. The van der Waals surface area contributed by atoms with Gasteiger partial charge < -0.3 is 14.9 Å². The van der Waals surface area contributed by atoms with Crippen molar-refractivity contribution in [3.05, 3.63) is 29.8 Å². The highest BCUT2D eigenvalue weighted by Crippen LogP contribution is 2.22. The molecular weight excluding hydrogens is 224 g/mol. The Bertz CT molecular complexity index is 377. The van der Waals surface area contributed by atoms with E-state index in [0.717, 1.165) is 19.5 Å². The zero-order valence-corrected chi connectivity index (χ0v) is 11.6. The minimum atomic E-state index is 0.197. The molecule has 1 aromatic carbocycles. The summed E-state index contributed by atoms with van der Waals surface area (Å²) in [5.74, 6) is 0. The Kier molecular flexibility index (Phi) is 4.25. The van der Waals surface area contributed by atoms with Crippen LogP contribution >= 0.6 is 0 Å². The van der Waals surface area contributed by atoms with Crippen LogP contribution in [0.5, 0.6) is 0 Å². The maximum atomic E-state index is 9.64. The first-order valence-electron chi connectivity index (χ1n) is 6.76. The number of likely N-dealkylation sites (N-methyl/N-ethyl adjacent to an activating group) is 1. The lowest BCUT2D eigenvalue weighted by Crippen LogP contribution is -2.43. The first kappa shape index (κ1) is 13.4. The van der Waals surface area contributed by atoms with E-state index in [1.165, 1.54) is 11.3 Å². The van der Waals surface area contributed by atoms with Crippen molar-refractivity contribution in [3.63, 3.8) is 0 Å². The normalized spacial score (nSPS) is 26.1. The third-order valence-corrected chi connectivity index (χ3v) is 4.06. The molecule has 1 saturated heterocycles. The van der Waals surface area contributed by atoms with Gasteiger partial charge in [-0.2, -0.15) is 0 Å². The summed E-state index contributed by atoms with van der Waals surface area (Å²) in [6.45, 7) is 6.51. The van der Waals surface area contributed by atoms with Crippen LogP contribution in [0.15, 0.2) is 24.3 Å². The first-order chi connectivity index (χ1) is 8.61. The van der Waals surface area contributed by atoms with E-state index in [4.69, 9.17) is 0 Å². The minimum absolute atomic E-state index is 0.197. The Morgan fingerprint density at radius 1 is 1.28 bits per heavy atom. The molecule has 100 valence electrons. The summed E-state index contributed by atoms with van der Waals surface area (Å²) in [7, 11) is 2.14. The van der Waals surface area contributed by atoms with Gasteiger partial charge in [0.25, 0.3) is 0 Å². The van der Waals surface area contributed by atoms with E-state index < -0.39 is 0 Å². The first-order valence-corrected chi connectivity index (χ1v) is 6.76. The number of anilines is 1. The van der Waals surface area contributed by atoms with Crippen molar-refractivity contribution in [2.45, 2.75) is 32.4 Å². The van der Waals surface area contributed by atoms with Gasteiger partial charge in [0.1, 0.15) is 0 Å². The van der Waals surface area contributed by atoms with Crippen LogP contribution in [-0.4, -0.2) is 48.8 Å². The molecule has 18 heavy (non-hydrogen) atoms. The fourth-order valence-electron chi connectivity index (χ4n) is 2.57. The summed E-state index contributed by atoms with van der Waals surface area (Å²) in [6, 6.07) is 9.38. The zero-order valence-electron chi connectivity index (χ0n) is 11.6. The molecule has 3 nitrogen and oxygen atoms in total. The second kappa shape index (κ2) is 5.72. The van der Waals surface area contributed by atoms with Crippen LogP contribution in [0, 0.1) is 6.92 Å². The predicted octanol–water partition coefficient (Wildman–Crippen LogP) is 1.89. The second-order valence-electron chi connectivity index (χ2n) is 5.44. The lowest BCUT2D eigenvalue weighted by atomic mass is 10.1. The number of hydrogen-bond donors (Lipinski definition) is 1. The van der Waals surface area contributed by atoms with Crippen molar-refractivity contribution in [1.29, 1.82) is 0 Å². The van der Waals surface area contributed by atoms with Gasteiger partial charge >= 0.3 is 0 Å². The summed E-state index contributed by atoms with van der Waals surface area (Å²) in [4.78, 5) is 4.69. The van der Waals surface area contributed by atoms with Crippen molar-refractivity contribution >= 4 is 5.69 Å². The molecule has 0 radical (unpaired) electrons. The summed E-state index contributed by atoms with van der Waals surface area (Å²) in [5, 5.41) is 9.64. The smallest absolute Gasteiger partial charge is 0.0647 e. The number of nitrogens with zero attached hydrogens (tertiary/aromatic N) is 2. The minimum Gasteiger partial charge on any atom is -0.394 e.